The molecule has 0 bridgehead atoms. The van der Waals surface area contributed by atoms with Crippen LogP contribution < -0.4 is 9.67 Å². The SMILES string of the molecule is CN(CC(=O)[O-])N=Nc1ccc(/C=C/c2cccc[n+]2C)cc1. The van der Waals surface area contributed by atoms with Crippen molar-refractivity contribution in [3.05, 3.63) is 59.9 Å². The molecule has 118 valence electrons. The van der Waals surface area contributed by atoms with E-state index in [1.54, 1.807) is 0 Å². The highest BCUT2D eigenvalue weighted by Crippen LogP contribution is 2.15. The minimum Gasteiger partial charge on any atom is -0.548 e. The Morgan fingerprint density at radius 2 is 1.96 bits per heavy atom. The van der Waals surface area contributed by atoms with E-state index in [1.807, 2.05) is 72.4 Å². The monoisotopic (exact) mass is 310 g/mol. The van der Waals surface area contributed by atoms with Crippen molar-refractivity contribution in [3.63, 3.8) is 0 Å². The summed E-state index contributed by atoms with van der Waals surface area (Å²) in [4.78, 5) is 10.4. The van der Waals surface area contributed by atoms with Gasteiger partial charge in [-0.25, -0.2) is 4.57 Å². The topological polar surface area (TPSA) is 72.0 Å². The maximum Gasteiger partial charge on any atom is 0.204 e. The number of likely N-dealkylation sites (N-methyl/N-ethyl adjacent to an activating group) is 1. The molecule has 0 N–H and O–H groups in total. The van der Waals surface area contributed by atoms with Crippen LogP contribution in [0.5, 0.6) is 0 Å². The molecule has 0 aliphatic rings. The fraction of sp³-hybridized carbons (Fsp3) is 0.176. The van der Waals surface area contributed by atoms with E-state index in [0.29, 0.717) is 5.69 Å². The highest BCUT2D eigenvalue weighted by molar-refractivity contribution is 5.67. The molecule has 0 saturated heterocycles. The number of carboxylic acids is 1. The summed E-state index contributed by atoms with van der Waals surface area (Å²) in [6.07, 6.45) is 6.04. The quantitative estimate of drug-likeness (QED) is 0.459. The van der Waals surface area contributed by atoms with Gasteiger partial charge in [-0.2, -0.15) is 0 Å². The molecule has 0 fully saturated rings. The fourth-order valence-corrected chi connectivity index (χ4v) is 1.89. The first-order chi connectivity index (χ1) is 11.0. The molecule has 0 spiro atoms. The standard InChI is InChI=1S/C17H18N4O2/c1-20-12-4-3-5-16(20)11-8-14-6-9-15(10-7-14)18-19-21(2)13-17(22)23/h3-12H,13H2,1-2H3. The van der Waals surface area contributed by atoms with Crippen molar-refractivity contribution in [3.8, 4) is 0 Å². The van der Waals surface area contributed by atoms with E-state index in [2.05, 4.69) is 10.3 Å². The number of aromatic nitrogens is 1. The van der Waals surface area contributed by atoms with Gasteiger partial charge >= 0.3 is 0 Å². The second-order valence-electron chi connectivity index (χ2n) is 5.04. The first-order valence-electron chi connectivity index (χ1n) is 7.10. The lowest BCUT2D eigenvalue weighted by molar-refractivity contribution is -0.673. The summed E-state index contributed by atoms with van der Waals surface area (Å²) in [6.45, 7) is -0.293. The van der Waals surface area contributed by atoms with E-state index in [4.69, 9.17) is 0 Å². The Hall–Kier alpha value is -3.02. The van der Waals surface area contributed by atoms with Crippen molar-refractivity contribution in [2.75, 3.05) is 13.6 Å². The van der Waals surface area contributed by atoms with Gasteiger partial charge in [-0.1, -0.05) is 17.4 Å². The summed E-state index contributed by atoms with van der Waals surface area (Å²) in [5.41, 5.74) is 2.79. The minimum atomic E-state index is -1.19. The maximum atomic E-state index is 10.4. The van der Waals surface area contributed by atoms with Gasteiger partial charge in [0.05, 0.1) is 18.2 Å². The Labute approximate surface area is 135 Å². The summed E-state index contributed by atoms with van der Waals surface area (Å²) >= 11 is 0. The molecule has 0 amide bonds. The van der Waals surface area contributed by atoms with Crippen LogP contribution in [0.3, 0.4) is 0 Å². The number of hydrogen-bond donors (Lipinski definition) is 0. The Bertz CT molecular complexity index is 724. The second kappa shape index (κ2) is 7.84. The zero-order chi connectivity index (χ0) is 16.7. The molecule has 0 aliphatic heterocycles. The van der Waals surface area contributed by atoms with E-state index >= 15 is 0 Å². The van der Waals surface area contributed by atoms with Crippen LogP contribution >= 0.6 is 0 Å². The van der Waals surface area contributed by atoms with Crippen LogP contribution in [-0.2, 0) is 11.8 Å². The number of rotatable bonds is 6. The van der Waals surface area contributed by atoms with Crippen LogP contribution in [0.2, 0.25) is 0 Å². The number of aryl methyl sites for hydroxylation is 1. The number of benzene rings is 1. The van der Waals surface area contributed by atoms with E-state index in [0.717, 1.165) is 11.3 Å². The molecule has 0 radical (unpaired) electrons. The van der Waals surface area contributed by atoms with Gasteiger partial charge in [-0.05, 0) is 29.8 Å². The molecule has 6 heteroatoms. The summed E-state index contributed by atoms with van der Waals surface area (Å²) in [7, 11) is 3.52. The van der Waals surface area contributed by atoms with Crippen LogP contribution in [0.25, 0.3) is 12.2 Å². The van der Waals surface area contributed by atoms with Crippen molar-refractivity contribution in [2.24, 2.45) is 17.4 Å². The lowest BCUT2D eigenvalue weighted by atomic mass is 10.2. The van der Waals surface area contributed by atoms with Gasteiger partial charge in [-0.15, -0.1) is 5.11 Å². The summed E-state index contributed by atoms with van der Waals surface area (Å²) in [6, 6.07) is 13.5. The average Bonchev–Trinajstić information content (AvgIpc) is 2.52. The first-order valence-corrected chi connectivity index (χ1v) is 7.10. The summed E-state index contributed by atoms with van der Waals surface area (Å²) in [5, 5.41) is 19.4. The minimum absolute atomic E-state index is 0.293. The zero-order valence-corrected chi connectivity index (χ0v) is 13.1. The smallest absolute Gasteiger partial charge is 0.204 e. The third-order valence-corrected chi connectivity index (χ3v) is 3.11. The van der Waals surface area contributed by atoms with Crippen LogP contribution in [-0.4, -0.2) is 24.6 Å². The van der Waals surface area contributed by atoms with Crippen LogP contribution in [0.1, 0.15) is 11.3 Å². The highest BCUT2D eigenvalue weighted by Gasteiger charge is 1.99. The maximum absolute atomic E-state index is 10.4. The molecule has 0 saturated carbocycles. The Morgan fingerprint density at radius 3 is 2.61 bits per heavy atom. The lowest BCUT2D eigenvalue weighted by Gasteiger charge is -2.10. The molecule has 6 nitrogen and oxygen atoms in total. The Kier molecular flexibility index (Phi) is 5.57. The van der Waals surface area contributed by atoms with Crippen molar-refractivity contribution in [2.45, 2.75) is 0 Å². The normalized spacial score (nSPS) is 11.2. The van der Waals surface area contributed by atoms with E-state index in [1.165, 1.54) is 12.1 Å². The van der Waals surface area contributed by atoms with Gasteiger partial charge in [0.25, 0.3) is 0 Å². The summed E-state index contributed by atoms with van der Waals surface area (Å²) in [5.74, 6) is -1.19. The third-order valence-electron chi connectivity index (χ3n) is 3.11. The second-order valence-corrected chi connectivity index (χ2v) is 5.04. The van der Waals surface area contributed by atoms with Crippen LogP contribution in [0, 0.1) is 0 Å². The molecular weight excluding hydrogens is 292 g/mol. The molecule has 1 aromatic carbocycles. The highest BCUT2D eigenvalue weighted by atomic mass is 16.4. The number of carboxylic acid groups (broad SMARTS) is 1. The van der Waals surface area contributed by atoms with Gasteiger partial charge in [0.15, 0.2) is 6.20 Å². The molecule has 1 aromatic heterocycles. The van der Waals surface area contributed by atoms with Crippen molar-refractivity contribution in [1.29, 1.82) is 0 Å². The van der Waals surface area contributed by atoms with Crippen LogP contribution in [0.15, 0.2) is 59.0 Å². The van der Waals surface area contributed by atoms with Gasteiger partial charge in [0.2, 0.25) is 5.69 Å². The Morgan fingerprint density at radius 1 is 1.22 bits per heavy atom. The number of pyridine rings is 1. The first kappa shape index (κ1) is 16.4. The lowest BCUT2D eigenvalue weighted by Crippen LogP contribution is -2.33. The molecule has 2 aromatic rings. The average molecular weight is 310 g/mol. The number of aliphatic carboxylic acids is 1. The zero-order valence-electron chi connectivity index (χ0n) is 13.1. The number of hydrogen-bond acceptors (Lipinski definition) is 4. The largest absolute Gasteiger partial charge is 0.548 e. The van der Waals surface area contributed by atoms with Gasteiger partial charge in [0.1, 0.15) is 7.05 Å². The molecule has 23 heavy (non-hydrogen) atoms. The van der Waals surface area contributed by atoms with Gasteiger partial charge in [0, 0.05) is 25.3 Å². The number of nitrogens with zero attached hydrogens (tertiary/aromatic N) is 4. The Balaban J connectivity index is 2.01. The van der Waals surface area contributed by atoms with Gasteiger partial charge in [-0.3, -0.25) is 5.01 Å². The summed E-state index contributed by atoms with van der Waals surface area (Å²) < 4.78 is 2.03. The predicted molar refractivity (Wildman–Crippen MR) is 85.1 cm³/mol. The fourth-order valence-electron chi connectivity index (χ4n) is 1.89. The van der Waals surface area contributed by atoms with E-state index in [9.17, 15) is 9.90 Å². The van der Waals surface area contributed by atoms with E-state index in [-0.39, 0.29) is 6.54 Å². The predicted octanol–water partition coefficient (Wildman–Crippen LogP) is 1.36. The number of carbonyl (C=O) groups is 1. The third kappa shape index (κ3) is 5.35. The van der Waals surface area contributed by atoms with Gasteiger partial charge < -0.3 is 9.90 Å². The van der Waals surface area contributed by atoms with Crippen LogP contribution in [0.4, 0.5) is 5.69 Å². The molecule has 2 rings (SSSR count). The van der Waals surface area contributed by atoms with Crippen molar-refractivity contribution in [1.82, 2.24) is 5.01 Å². The molecule has 0 aliphatic carbocycles. The molecular formula is C17H18N4O2. The molecule has 0 atom stereocenters. The van der Waals surface area contributed by atoms with E-state index < -0.39 is 5.97 Å². The number of carbonyl (C=O) groups excluding carboxylic acids is 1. The van der Waals surface area contributed by atoms with Crippen molar-refractivity contribution < 1.29 is 14.5 Å². The molecule has 1 heterocycles. The molecule has 0 unspecified atom stereocenters. The van der Waals surface area contributed by atoms with Crippen molar-refractivity contribution >= 4 is 23.8 Å².